The SMILES string of the molecule is CN(C)CCNC(=O)c1ccc(CSc2nc(-c3ccccc3)cc(N(C)C3CCCCC3)n2)o1. The molecule has 1 fully saturated rings. The van der Waals surface area contributed by atoms with E-state index in [0.29, 0.717) is 29.3 Å². The zero-order valence-corrected chi connectivity index (χ0v) is 21.7. The highest BCUT2D eigenvalue weighted by molar-refractivity contribution is 7.98. The van der Waals surface area contributed by atoms with Gasteiger partial charge in [0, 0.05) is 37.8 Å². The lowest BCUT2D eigenvalue weighted by Crippen LogP contribution is -2.34. The summed E-state index contributed by atoms with van der Waals surface area (Å²) >= 11 is 1.53. The number of rotatable bonds is 10. The number of thioether (sulfide) groups is 1. The fourth-order valence-electron chi connectivity index (χ4n) is 4.26. The topological polar surface area (TPSA) is 74.5 Å². The van der Waals surface area contributed by atoms with E-state index in [-0.39, 0.29) is 5.91 Å². The normalized spacial score (nSPS) is 14.3. The summed E-state index contributed by atoms with van der Waals surface area (Å²) < 4.78 is 5.80. The third-order valence-electron chi connectivity index (χ3n) is 6.32. The Balaban J connectivity index is 1.48. The molecule has 2 aromatic heterocycles. The highest BCUT2D eigenvalue weighted by Gasteiger charge is 2.21. The monoisotopic (exact) mass is 493 g/mol. The van der Waals surface area contributed by atoms with Crippen LogP contribution < -0.4 is 10.2 Å². The van der Waals surface area contributed by atoms with E-state index in [4.69, 9.17) is 14.4 Å². The van der Waals surface area contributed by atoms with E-state index in [1.54, 1.807) is 6.07 Å². The summed E-state index contributed by atoms with van der Waals surface area (Å²) in [6, 6.07) is 16.4. The number of anilines is 1. The van der Waals surface area contributed by atoms with Gasteiger partial charge in [-0.05, 0) is 39.1 Å². The number of furan rings is 1. The molecule has 8 heteroatoms. The minimum Gasteiger partial charge on any atom is -0.455 e. The number of nitrogens with zero attached hydrogens (tertiary/aromatic N) is 4. The van der Waals surface area contributed by atoms with E-state index in [0.717, 1.165) is 29.4 Å². The number of carbonyl (C=O) groups excluding carboxylic acids is 1. The predicted molar refractivity (Wildman–Crippen MR) is 142 cm³/mol. The number of likely N-dealkylation sites (N-methyl/N-ethyl adjacent to an activating group) is 1. The van der Waals surface area contributed by atoms with Crippen molar-refractivity contribution in [1.29, 1.82) is 0 Å². The standard InChI is InChI=1S/C27H35N5O2S/c1-31(2)17-16-28-26(33)24-15-14-22(34-24)19-35-27-29-23(20-10-6-4-7-11-20)18-25(30-27)32(3)21-12-8-5-9-13-21/h4,6-7,10-11,14-15,18,21H,5,8-9,12-13,16-17,19H2,1-3H3,(H,28,33). The maximum atomic E-state index is 12.3. The molecule has 4 rings (SSSR count). The van der Waals surface area contributed by atoms with Crippen LogP contribution in [0.15, 0.2) is 58.1 Å². The quantitative estimate of drug-likeness (QED) is 0.311. The Bertz CT molecular complexity index is 1100. The second-order valence-electron chi connectivity index (χ2n) is 9.28. The van der Waals surface area contributed by atoms with Crippen molar-refractivity contribution in [3.05, 3.63) is 60.1 Å². The van der Waals surface area contributed by atoms with Crippen molar-refractivity contribution in [2.75, 3.05) is 39.1 Å². The second-order valence-corrected chi connectivity index (χ2v) is 10.2. The van der Waals surface area contributed by atoms with Gasteiger partial charge >= 0.3 is 0 Å². The molecule has 7 nitrogen and oxygen atoms in total. The Morgan fingerprint density at radius 2 is 1.83 bits per heavy atom. The van der Waals surface area contributed by atoms with E-state index in [1.165, 1.54) is 43.9 Å². The number of carbonyl (C=O) groups is 1. The fourth-order valence-corrected chi connectivity index (χ4v) is 5.01. The first-order valence-corrected chi connectivity index (χ1v) is 13.3. The first kappa shape index (κ1) is 25.3. The molecular formula is C27H35N5O2S. The molecule has 186 valence electrons. The van der Waals surface area contributed by atoms with Crippen LogP contribution >= 0.6 is 11.8 Å². The number of hydrogen-bond acceptors (Lipinski definition) is 7. The second kappa shape index (κ2) is 12.2. The summed E-state index contributed by atoms with van der Waals surface area (Å²) in [7, 11) is 6.10. The Kier molecular flexibility index (Phi) is 8.82. The zero-order valence-electron chi connectivity index (χ0n) is 20.9. The minimum absolute atomic E-state index is 0.193. The van der Waals surface area contributed by atoms with Crippen molar-refractivity contribution in [1.82, 2.24) is 20.2 Å². The van der Waals surface area contributed by atoms with Gasteiger partial charge in [-0.2, -0.15) is 0 Å². The molecule has 1 aromatic carbocycles. The van der Waals surface area contributed by atoms with Gasteiger partial charge in [0.2, 0.25) is 0 Å². The van der Waals surface area contributed by atoms with Crippen LogP contribution in [0.3, 0.4) is 0 Å². The van der Waals surface area contributed by atoms with Crippen LogP contribution in [0.5, 0.6) is 0 Å². The van der Waals surface area contributed by atoms with Crippen molar-refractivity contribution in [3.63, 3.8) is 0 Å². The molecule has 0 atom stereocenters. The lowest BCUT2D eigenvalue weighted by atomic mass is 9.94. The largest absolute Gasteiger partial charge is 0.455 e. The van der Waals surface area contributed by atoms with Crippen LogP contribution in [0.25, 0.3) is 11.3 Å². The molecule has 1 amide bonds. The average Bonchev–Trinajstić information content (AvgIpc) is 3.37. The van der Waals surface area contributed by atoms with Gasteiger partial charge in [0.1, 0.15) is 11.6 Å². The summed E-state index contributed by atoms with van der Waals surface area (Å²) in [5, 5.41) is 3.59. The van der Waals surface area contributed by atoms with Crippen LogP contribution in [-0.4, -0.2) is 61.0 Å². The van der Waals surface area contributed by atoms with Gasteiger partial charge in [-0.3, -0.25) is 4.79 Å². The molecule has 2 heterocycles. The number of hydrogen-bond donors (Lipinski definition) is 1. The molecule has 0 spiro atoms. The van der Waals surface area contributed by atoms with E-state index in [9.17, 15) is 4.79 Å². The highest BCUT2D eigenvalue weighted by atomic mass is 32.2. The molecule has 0 bridgehead atoms. The number of aromatic nitrogens is 2. The van der Waals surface area contributed by atoms with Crippen LogP contribution in [-0.2, 0) is 5.75 Å². The molecule has 1 N–H and O–H groups in total. The average molecular weight is 494 g/mol. The molecule has 0 radical (unpaired) electrons. The van der Waals surface area contributed by atoms with Gasteiger partial charge in [-0.25, -0.2) is 9.97 Å². The van der Waals surface area contributed by atoms with Gasteiger partial charge in [0.05, 0.1) is 11.4 Å². The minimum atomic E-state index is -0.193. The lowest BCUT2D eigenvalue weighted by Gasteiger charge is -2.32. The van der Waals surface area contributed by atoms with Gasteiger partial charge in [-0.15, -0.1) is 0 Å². The van der Waals surface area contributed by atoms with Crippen LogP contribution in [0, 0.1) is 0 Å². The lowest BCUT2D eigenvalue weighted by molar-refractivity contribution is 0.0922. The Labute approximate surface area is 212 Å². The van der Waals surface area contributed by atoms with Crippen molar-refractivity contribution in [2.45, 2.75) is 49.1 Å². The van der Waals surface area contributed by atoms with Gasteiger partial charge in [0.15, 0.2) is 10.9 Å². The predicted octanol–water partition coefficient (Wildman–Crippen LogP) is 5.09. The third kappa shape index (κ3) is 7.08. The molecule has 0 aliphatic heterocycles. The van der Waals surface area contributed by atoms with E-state index in [1.807, 2.05) is 43.3 Å². The van der Waals surface area contributed by atoms with Crippen molar-refractivity contribution < 1.29 is 9.21 Å². The molecule has 1 aliphatic rings. The first-order valence-electron chi connectivity index (χ1n) is 12.3. The summed E-state index contributed by atoms with van der Waals surface area (Å²) in [4.78, 5) is 26.4. The maximum absolute atomic E-state index is 12.3. The Hall–Kier alpha value is -2.84. The number of benzene rings is 1. The summed E-state index contributed by atoms with van der Waals surface area (Å²) in [6.45, 7) is 1.36. The smallest absolute Gasteiger partial charge is 0.287 e. The molecular weight excluding hydrogens is 458 g/mol. The van der Waals surface area contributed by atoms with E-state index in [2.05, 4.69) is 35.5 Å². The van der Waals surface area contributed by atoms with Crippen LogP contribution in [0.4, 0.5) is 5.82 Å². The number of nitrogens with one attached hydrogen (secondary N) is 1. The van der Waals surface area contributed by atoms with Crippen LogP contribution in [0.2, 0.25) is 0 Å². The van der Waals surface area contributed by atoms with Gasteiger partial charge in [-0.1, -0.05) is 61.4 Å². The molecule has 0 saturated heterocycles. The molecule has 3 aromatic rings. The third-order valence-corrected chi connectivity index (χ3v) is 7.19. The first-order chi connectivity index (χ1) is 17.0. The fraction of sp³-hybridized carbons (Fsp3) is 0.444. The van der Waals surface area contributed by atoms with E-state index < -0.39 is 0 Å². The van der Waals surface area contributed by atoms with Crippen molar-refractivity contribution >= 4 is 23.5 Å². The molecule has 35 heavy (non-hydrogen) atoms. The van der Waals surface area contributed by atoms with Crippen LogP contribution in [0.1, 0.15) is 48.4 Å². The summed E-state index contributed by atoms with van der Waals surface area (Å²) in [5.41, 5.74) is 1.99. The molecule has 0 unspecified atom stereocenters. The Morgan fingerprint density at radius 1 is 1.06 bits per heavy atom. The molecule has 1 saturated carbocycles. The van der Waals surface area contributed by atoms with Gasteiger partial charge < -0.3 is 19.5 Å². The summed E-state index contributed by atoms with van der Waals surface area (Å²) in [6.07, 6.45) is 6.28. The zero-order chi connectivity index (χ0) is 24.6. The maximum Gasteiger partial charge on any atom is 0.287 e. The number of amides is 1. The van der Waals surface area contributed by atoms with Crippen molar-refractivity contribution in [3.8, 4) is 11.3 Å². The van der Waals surface area contributed by atoms with Gasteiger partial charge in [0.25, 0.3) is 5.91 Å². The molecule has 1 aliphatic carbocycles. The Morgan fingerprint density at radius 3 is 2.57 bits per heavy atom. The highest BCUT2D eigenvalue weighted by Crippen LogP contribution is 2.30. The van der Waals surface area contributed by atoms with Crippen molar-refractivity contribution in [2.24, 2.45) is 0 Å². The van der Waals surface area contributed by atoms with E-state index >= 15 is 0 Å². The summed E-state index contributed by atoms with van der Waals surface area (Å²) in [5.74, 6) is 2.37.